The summed E-state index contributed by atoms with van der Waals surface area (Å²) in [7, 11) is 0. The molecule has 0 aromatic rings. The normalized spacial score (nSPS) is 10.0. The molecular weight excluding hydrogens is 164 g/mol. The fourth-order valence-corrected chi connectivity index (χ4v) is 1.08. The molecule has 0 aliphatic carbocycles. The summed E-state index contributed by atoms with van der Waals surface area (Å²) in [5.74, 6) is 0.159. The Kier molecular flexibility index (Phi) is 9.10. The molecule has 1 amide bonds. The Hall–Kier alpha value is -0.570. The van der Waals surface area contributed by atoms with Crippen molar-refractivity contribution in [3.8, 4) is 0 Å². The van der Waals surface area contributed by atoms with E-state index in [0.29, 0.717) is 6.42 Å². The molecule has 3 heteroatoms. The maximum atomic E-state index is 10.8. The molecule has 0 bridgehead atoms. The fraction of sp³-hybridized carbons (Fsp3) is 0.900. The van der Waals surface area contributed by atoms with Gasteiger partial charge in [-0.15, -0.1) is 0 Å². The van der Waals surface area contributed by atoms with Crippen LogP contribution in [0.1, 0.15) is 39.5 Å². The Bertz CT molecular complexity index is 126. The zero-order valence-electron chi connectivity index (χ0n) is 8.86. The van der Waals surface area contributed by atoms with Gasteiger partial charge in [0.2, 0.25) is 5.91 Å². The molecule has 0 rings (SSSR count). The summed E-state index contributed by atoms with van der Waals surface area (Å²) in [6.45, 7) is 6.96. The molecule has 3 nitrogen and oxygen atoms in total. The molecule has 0 fully saturated rings. The van der Waals surface area contributed by atoms with Crippen LogP contribution >= 0.6 is 0 Å². The highest BCUT2D eigenvalue weighted by Gasteiger charge is 1.94. The van der Waals surface area contributed by atoms with Crippen molar-refractivity contribution in [1.29, 1.82) is 0 Å². The Morgan fingerprint density at radius 3 is 2.38 bits per heavy atom. The van der Waals surface area contributed by atoms with Crippen molar-refractivity contribution < 1.29 is 4.79 Å². The van der Waals surface area contributed by atoms with Crippen LogP contribution in [0, 0.1) is 0 Å². The van der Waals surface area contributed by atoms with Crippen LogP contribution in [-0.4, -0.2) is 25.5 Å². The van der Waals surface area contributed by atoms with E-state index in [9.17, 15) is 4.79 Å². The molecule has 0 saturated carbocycles. The largest absolute Gasteiger partial charge is 0.356 e. The number of rotatable bonds is 8. The average molecular weight is 186 g/mol. The van der Waals surface area contributed by atoms with Crippen molar-refractivity contribution in [1.82, 2.24) is 10.6 Å². The maximum absolute atomic E-state index is 10.8. The van der Waals surface area contributed by atoms with E-state index in [2.05, 4.69) is 17.6 Å². The van der Waals surface area contributed by atoms with Gasteiger partial charge in [0, 0.05) is 13.0 Å². The summed E-state index contributed by atoms with van der Waals surface area (Å²) in [4.78, 5) is 10.8. The van der Waals surface area contributed by atoms with Gasteiger partial charge in [-0.2, -0.15) is 0 Å². The van der Waals surface area contributed by atoms with Crippen molar-refractivity contribution in [2.45, 2.75) is 39.5 Å². The Morgan fingerprint density at radius 1 is 1.08 bits per heavy atom. The van der Waals surface area contributed by atoms with E-state index < -0.39 is 0 Å². The summed E-state index contributed by atoms with van der Waals surface area (Å²) in [6.07, 6.45) is 4.08. The van der Waals surface area contributed by atoms with Crippen LogP contribution in [0.2, 0.25) is 0 Å². The molecule has 0 spiro atoms. The third kappa shape index (κ3) is 9.34. The number of carbonyl (C=O) groups excluding carboxylic acids is 1. The molecule has 0 heterocycles. The standard InChI is InChI=1S/C10H22N2O/c1-3-10(13)12-9-7-5-6-8-11-4-2/h11H,3-9H2,1-2H3,(H,12,13). The van der Waals surface area contributed by atoms with Gasteiger partial charge in [-0.3, -0.25) is 4.79 Å². The van der Waals surface area contributed by atoms with E-state index in [4.69, 9.17) is 0 Å². The Labute approximate surface area is 81.3 Å². The van der Waals surface area contributed by atoms with Crippen molar-refractivity contribution in [2.75, 3.05) is 19.6 Å². The lowest BCUT2D eigenvalue weighted by molar-refractivity contribution is -0.120. The highest BCUT2D eigenvalue weighted by molar-refractivity contribution is 5.75. The monoisotopic (exact) mass is 186 g/mol. The van der Waals surface area contributed by atoms with Crippen molar-refractivity contribution in [2.24, 2.45) is 0 Å². The van der Waals surface area contributed by atoms with Crippen LogP contribution in [0.4, 0.5) is 0 Å². The predicted octanol–water partition coefficient (Wildman–Crippen LogP) is 1.29. The Morgan fingerprint density at radius 2 is 1.77 bits per heavy atom. The first-order chi connectivity index (χ1) is 6.31. The van der Waals surface area contributed by atoms with Gasteiger partial charge in [-0.25, -0.2) is 0 Å². The second-order valence-electron chi connectivity index (χ2n) is 3.12. The van der Waals surface area contributed by atoms with Crippen LogP contribution in [0.25, 0.3) is 0 Å². The smallest absolute Gasteiger partial charge is 0.219 e. The van der Waals surface area contributed by atoms with E-state index in [0.717, 1.165) is 26.1 Å². The van der Waals surface area contributed by atoms with Gasteiger partial charge in [0.1, 0.15) is 0 Å². The molecule has 2 N–H and O–H groups in total. The van der Waals surface area contributed by atoms with Crippen LogP contribution in [-0.2, 0) is 4.79 Å². The molecule has 78 valence electrons. The average Bonchev–Trinajstić information content (AvgIpc) is 2.16. The number of nitrogens with one attached hydrogen (secondary N) is 2. The molecule has 13 heavy (non-hydrogen) atoms. The highest BCUT2D eigenvalue weighted by Crippen LogP contribution is 1.92. The summed E-state index contributed by atoms with van der Waals surface area (Å²) >= 11 is 0. The first kappa shape index (κ1) is 12.4. The molecule has 0 saturated heterocycles. The number of amides is 1. The van der Waals surface area contributed by atoms with E-state index in [1.807, 2.05) is 6.92 Å². The molecule has 0 atom stereocenters. The van der Waals surface area contributed by atoms with Gasteiger partial charge >= 0.3 is 0 Å². The van der Waals surface area contributed by atoms with Gasteiger partial charge < -0.3 is 10.6 Å². The van der Waals surface area contributed by atoms with E-state index in [1.54, 1.807) is 0 Å². The Balaban J connectivity index is 2.95. The minimum atomic E-state index is 0.159. The van der Waals surface area contributed by atoms with E-state index in [-0.39, 0.29) is 5.91 Å². The lowest BCUT2D eigenvalue weighted by Gasteiger charge is -2.03. The second kappa shape index (κ2) is 9.52. The minimum Gasteiger partial charge on any atom is -0.356 e. The molecule has 0 radical (unpaired) electrons. The minimum absolute atomic E-state index is 0.159. The van der Waals surface area contributed by atoms with E-state index in [1.165, 1.54) is 12.8 Å². The van der Waals surface area contributed by atoms with Crippen molar-refractivity contribution >= 4 is 5.91 Å². The molecular formula is C10H22N2O. The van der Waals surface area contributed by atoms with Crippen LogP contribution in [0.5, 0.6) is 0 Å². The molecule has 0 unspecified atom stereocenters. The first-order valence-electron chi connectivity index (χ1n) is 5.28. The van der Waals surface area contributed by atoms with Crippen molar-refractivity contribution in [3.05, 3.63) is 0 Å². The SMILES string of the molecule is CCNCCCCCNC(=O)CC. The lowest BCUT2D eigenvalue weighted by atomic mass is 10.2. The summed E-state index contributed by atoms with van der Waals surface area (Å²) in [5, 5.41) is 6.14. The number of hydrogen-bond acceptors (Lipinski definition) is 2. The quantitative estimate of drug-likeness (QED) is 0.561. The molecule has 0 aliphatic rings. The van der Waals surface area contributed by atoms with Gasteiger partial charge in [-0.05, 0) is 25.9 Å². The fourth-order valence-electron chi connectivity index (χ4n) is 1.08. The molecule has 0 aromatic carbocycles. The maximum Gasteiger partial charge on any atom is 0.219 e. The van der Waals surface area contributed by atoms with Gasteiger partial charge in [0.25, 0.3) is 0 Å². The van der Waals surface area contributed by atoms with E-state index >= 15 is 0 Å². The van der Waals surface area contributed by atoms with Gasteiger partial charge in [0.15, 0.2) is 0 Å². The second-order valence-corrected chi connectivity index (χ2v) is 3.12. The number of carbonyl (C=O) groups is 1. The zero-order chi connectivity index (χ0) is 9.94. The topological polar surface area (TPSA) is 41.1 Å². The third-order valence-electron chi connectivity index (χ3n) is 1.92. The lowest BCUT2D eigenvalue weighted by Crippen LogP contribution is -2.23. The van der Waals surface area contributed by atoms with Crippen LogP contribution in [0.3, 0.4) is 0 Å². The van der Waals surface area contributed by atoms with Crippen LogP contribution in [0.15, 0.2) is 0 Å². The summed E-state index contributed by atoms with van der Waals surface area (Å²) < 4.78 is 0. The van der Waals surface area contributed by atoms with Gasteiger partial charge in [-0.1, -0.05) is 20.3 Å². The highest BCUT2D eigenvalue weighted by atomic mass is 16.1. The van der Waals surface area contributed by atoms with Crippen molar-refractivity contribution in [3.63, 3.8) is 0 Å². The number of unbranched alkanes of at least 4 members (excludes halogenated alkanes) is 2. The van der Waals surface area contributed by atoms with Gasteiger partial charge in [0.05, 0.1) is 0 Å². The third-order valence-corrected chi connectivity index (χ3v) is 1.92. The number of hydrogen-bond donors (Lipinski definition) is 2. The summed E-state index contributed by atoms with van der Waals surface area (Å²) in [6, 6.07) is 0. The predicted molar refractivity (Wildman–Crippen MR) is 55.7 cm³/mol. The first-order valence-corrected chi connectivity index (χ1v) is 5.28. The van der Waals surface area contributed by atoms with Crippen LogP contribution < -0.4 is 10.6 Å². The summed E-state index contributed by atoms with van der Waals surface area (Å²) in [5.41, 5.74) is 0. The molecule has 0 aliphatic heterocycles. The molecule has 0 aromatic heterocycles. The zero-order valence-corrected chi connectivity index (χ0v) is 8.86.